The van der Waals surface area contributed by atoms with Crippen LogP contribution in [0.3, 0.4) is 0 Å². The van der Waals surface area contributed by atoms with Gasteiger partial charge in [0.15, 0.2) is 17.1 Å². The third kappa shape index (κ3) is 3.20. The average molecular weight is 432 g/mol. The van der Waals surface area contributed by atoms with E-state index in [0.29, 0.717) is 11.8 Å². The zero-order valence-corrected chi connectivity index (χ0v) is 16.3. The lowest BCUT2D eigenvalue weighted by Crippen LogP contribution is -2.81. The number of nitrogens with zero attached hydrogens (tertiary/aromatic N) is 4. The van der Waals surface area contributed by atoms with Gasteiger partial charge in [-0.2, -0.15) is 4.79 Å². The van der Waals surface area contributed by atoms with Gasteiger partial charge in [0.2, 0.25) is 5.91 Å². The number of carbonyl (C=O) groups excluding carboxylic acids is 4. The zero-order chi connectivity index (χ0) is 23.0. The summed E-state index contributed by atoms with van der Waals surface area (Å²) in [5.74, 6) is -2.92. The number of nitro groups is 1. The maximum Gasteiger partial charge on any atom is 0.509 e. The molecule has 0 aromatic heterocycles. The number of hydrogen-bond acceptors (Lipinski definition) is 9. The van der Waals surface area contributed by atoms with Gasteiger partial charge in [0.05, 0.1) is 4.92 Å². The maximum absolute atomic E-state index is 12.9. The smallest absolute Gasteiger partial charge is 0.459 e. The van der Waals surface area contributed by atoms with E-state index in [1.165, 1.54) is 38.2 Å². The minimum Gasteiger partial charge on any atom is -0.459 e. The van der Waals surface area contributed by atoms with Gasteiger partial charge in [0.1, 0.15) is 13.2 Å². The summed E-state index contributed by atoms with van der Waals surface area (Å²) in [5, 5.41) is 10.7. The van der Waals surface area contributed by atoms with Crippen LogP contribution in [0.25, 0.3) is 5.53 Å². The normalized spacial score (nSPS) is 26.8. The molecular weight excluding hydrogens is 416 g/mol. The molecule has 3 unspecified atom stereocenters. The van der Waals surface area contributed by atoms with Crippen molar-refractivity contribution < 1.29 is 43.1 Å². The Labute approximate surface area is 174 Å². The number of rotatable bonds is 7. The van der Waals surface area contributed by atoms with Crippen molar-refractivity contribution in [2.45, 2.75) is 25.2 Å². The molecule has 31 heavy (non-hydrogen) atoms. The molecule has 1 aromatic carbocycles. The number of cyclic esters (lactones) is 2. The summed E-state index contributed by atoms with van der Waals surface area (Å²) in [6.07, 6.45) is -0.685. The van der Waals surface area contributed by atoms with Gasteiger partial charge in [0, 0.05) is 19.2 Å². The Morgan fingerprint density at radius 1 is 1.39 bits per heavy atom. The predicted molar refractivity (Wildman–Crippen MR) is 97.4 cm³/mol. The van der Waals surface area contributed by atoms with Crippen molar-refractivity contribution in [1.29, 1.82) is 0 Å². The summed E-state index contributed by atoms with van der Waals surface area (Å²) in [6, 6.07) is 3.70. The second kappa shape index (κ2) is 7.61. The molecule has 1 aromatic rings. The van der Waals surface area contributed by atoms with E-state index in [1.807, 2.05) is 0 Å². The van der Waals surface area contributed by atoms with Crippen molar-refractivity contribution in [2.75, 3.05) is 13.7 Å². The number of hydrogen-bond donors (Lipinski definition) is 0. The summed E-state index contributed by atoms with van der Waals surface area (Å²) in [5.41, 5.74) is 4.96. The molecule has 0 spiro atoms. The van der Waals surface area contributed by atoms with Crippen molar-refractivity contribution in [3.8, 4) is 0 Å². The van der Waals surface area contributed by atoms with Gasteiger partial charge in [-0.1, -0.05) is 0 Å². The van der Waals surface area contributed by atoms with Gasteiger partial charge in [-0.25, -0.2) is 9.59 Å². The molecule has 2 aliphatic heterocycles. The number of likely N-dealkylation sites (N-methyl/N-ethyl adjacent to an activating group) is 1. The van der Waals surface area contributed by atoms with E-state index in [-0.39, 0.29) is 12.3 Å². The summed E-state index contributed by atoms with van der Waals surface area (Å²) in [4.78, 5) is 63.8. The minimum atomic E-state index is -2.26. The molecule has 0 radical (unpaired) electrons. The van der Waals surface area contributed by atoms with Crippen LogP contribution in [-0.4, -0.2) is 69.9 Å². The molecule has 2 aliphatic rings. The molecule has 3 rings (SSSR count). The summed E-state index contributed by atoms with van der Waals surface area (Å²) >= 11 is 0. The van der Waals surface area contributed by atoms with Crippen LogP contribution >= 0.6 is 0 Å². The Morgan fingerprint density at radius 3 is 2.55 bits per heavy atom. The minimum absolute atomic E-state index is 0.150. The first-order chi connectivity index (χ1) is 14.6. The number of benzene rings is 1. The van der Waals surface area contributed by atoms with Crippen molar-refractivity contribution in [3.05, 3.63) is 45.5 Å². The highest BCUT2D eigenvalue weighted by atomic mass is 16.8. The van der Waals surface area contributed by atoms with Crippen LogP contribution in [0.2, 0.25) is 0 Å². The fourth-order valence-corrected chi connectivity index (χ4v) is 3.82. The molecule has 2 fully saturated rings. The zero-order valence-electron chi connectivity index (χ0n) is 16.3. The molecule has 0 aliphatic carbocycles. The largest absolute Gasteiger partial charge is 0.509 e. The van der Waals surface area contributed by atoms with Crippen LogP contribution in [0.1, 0.15) is 12.5 Å². The summed E-state index contributed by atoms with van der Waals surface area (Å²) in [6.45, 7) is 0.450. The molecule has 0 saturated carbocycles. The third-order valence-corrected chi connectivity index (χ3v) is 5.38. The van der Waals surface area contributed by atoms with E-state index in [9.17, 15) is 29.3 Å². The number of esters is 1. The average Bonchev–Trinajstić information content (AvgIpc) is 3.08. The number of ether oxygens (including phenoxy) is 3. The van der Waals surface area contributed by atoms with E-state index in [4.69, 9.17) is 19.7 Å². The van der Waals surface area contributed by atoms with Crippen molar-refractivity contribution in [2.24, 2.45) is 5.41 Å². The Balaban J connectivity index is 1.89. The lowest BCUT2D eigenvalue weighted by molar-refractivity contribution is -0.384. The Bertz CT molecular complexity index is 1030. The first kappa shape index (κ1) is 21.6. The number of amides is 1. The van der Waals surface area contributed by atoms with Gasteiger partial charge >= 0.3 is 18.3 Å². The fourth-order valence-electron chi connectivity index (χ4n) is 3.82. The Morgan fingerprint density at radius 2 is 2.03 bits per heavy atom. The van der Waals surface area contributed by atoms with E-state index in [0.717, 1.165) is 4.90 Å². The fraction of sp³-hybridized carbons (Fsp3) is 0.389. The molecule has 1 amide bonds. The van der Waals surface area contributed by atoms with E-state index >= 15 is 0 Å². The number of ketones is 1. The van der Waals surface area contributed by atoms with Gasteiger partial charge < -0.3 is 24.6 Å². The second-order valence-electron chi connectivity index (χ2n) is 7.14. The number of carbonyl (C=O) groups is 4. The number of likely N-dealkylation sites (tertiary alicyclic amines) is 1. The topological polar surface area (TPSA) is 179 Å². The van der Waals surface area contributed by atoms with Crippen molar-refractivity contribution >= 4 is 35.7 Å². The highest BCUT2D eigenvalue weighted by molar-refractivity contribution is 6.37. The van der Waals surface area contributed by atoms with Crippen molar-refractivity contribution in [3.63, 3.8) is 0 Å². The van der Waals surface area contributed by atoms with E-state index in [2.05, 4.69) is 4.79 Å². The van der Waals surface area contributed by atoms with Gasteiger partial charge in [-0.3, -0.25) is 19.7 Å². The lowest BCUT2D eigenvalue weighted by atomic mass is 9.58. The molecule has 0 bridgehead atoms. The first-order valence-electron chi connectivity index (χ1n) is 8.83. The lowest BCUT2D eigenvalue weighted by Gasteiger charge is -2.55. The maximum atomic E-state index is 12.9. The number of non-ortho nitro benzene ring substituents is 1. The predicted octanol–water partition coefficient (Wildman–Crippen LogP) is 0.260. The molecule has 3 atom stereocenters. The molecule has 0 N–H and O–H groups in total. The van der Waals surface area contributed by atoms with Gasteiger partial charge in [0.25, 0.3) is 11.5 Å². The quantitative estimate of drug-likeness (QED) is 0.0853. The third-order valence-electron chi connectivity index (χ3n) is 5.38. The molecule has 2 saturated heterocycles. The molecule has 2 heterocycles. The van der Waals surface area contributed by atoms with Crippen LogP contribution in [0.5, 0.6) is 0 Å². The number of Topliss-reactive ketones (excluding diaryl/α,β-unsaturated/α-hetero) is 1. The number of β-lactam (4-membered cyclic amide) rings is 1. The first-order valence-corrected chi connectivity index (χ1v) is 8.83. The van der Waals surface area contributed by atoms with Gasteiger partial charge in [-0.15, -0.1) is 0 Å². The van der Waals surface area contributed by atoms with Crippen LogP contribution < -0.4 is 0 Å². The molecule has 162 valence electrons. The second-order valence-corrected chi connectivity index (χ2v) is 7.14. The van der Waals surface area contributed by atoms with Crippen LogP contribution in [0.4, 0.5) is 10.5 Å². The summed E-state index contributed by atoms with van der Waals surface area (Å²) < 4.78 is 15.1. The Hall–Kier alpha value is -4.12. The monoisotopic (exact) mass is 432 g/mol. The molecule has 13 nitrogen and oxygen atoms in total. The molecular formula is C18H16N4O9. The van der Waals surface area contributed by atoms with Crippen molar-refractivity contribution in [1.82, 2.24) is 4.90 Å². The highest BCUT2D eigenvalue weighted by Gasteiger charge is 2.79. The standard InChI is InChI=1S/C18H16N4O9/c1-17(9-30-16(26)31-17)18(12(23)7-20-19)13(21(2)15(18)25)14(24)29-8-10-3-5-11(6-4-10)22(27)28/h3-7,13H,8-9H2,1-2H3. The number of nitro benzene ring substituents is 1. The highest BCUT2D eigenvalue weighted by Crippen LogP contribution is 2.51. The van der Waals surface area contributed by atoms with Crippen LogP contribution in [0.15, 0.2) is 24.3 Å². The van der Waals surface area contributed by atoms with Crippen LogP contribution in [0, 0.1) is 15.5 Å². The summed E-state index contributed by atoms with van der Waals surface area (Å²) in [7, 11) is 1.25. The SMILES string of the molecule is CN1C(=O)C(C(=O)C=[N+]=[N-])(C2(C)COC(=O)O2)C1C(=O)OCc1ccc([N+](=O)[O-])cc1. The van der Waals surface area contributed by atoms with E-state index < -0.39 is 52.4 Å². The van der Waals surface area contributed by atoms with E-state index in [1.54, 1.807) is 0 Å². The Kier molecular flexibility index (Phi) is 5.30. The van der Waals surface area contributed by atoms with Gasteiger partial charge in [-0.05, 0) is 24.6 Å². The molecule has 13 heteroatoms. The van der Waals surface area contributed by atoms with Crippen LogP contribution in [-0.2, 0) is 35.2 Å².